The molecule has 5 N–H and O–H groups in total. The van der Waals surface area contributed by atoms with Crippen LogP contribution in [-0.2, 0) is 0 Å². The minimum atomic E-state index is -0.833. The van der Waals surface area contributed by atoms with Crippen LogP contribution in [-0.4, -0.2) is 11.1 Å². The molecule has 0 aliphatic rings. The number of hydrogen-bond acceptors (Lipinski definition) is 2. The van der Waals surface area contributed by atoms with E-state index in [1.54, 1.807) is 6.07 Å². The number of aromatic hydroxyl groups is 1. The summed E-state index contributed by atoms with van der Waals surface area (Å²) in [6.45, 7) is 0. The maximum atomic E-state index is 9.00. The van der Waals surface area contributed by atoms with Crippen molar-refractivity contribution in [3.05, 3.63) is 28.2 Å². The number of hydrogen-bond donors (Lipinski definition) is 3. The summed E-state index contributed by atoms with van der Waals surface area (Å²) in [4.78, 5) is 9.00. The van der Waals surface area contributed by atoms with Crippen LogP contribution in [0.2, 0.25) is 10.0 Å². The maximum absolute atomic E-state index is 9.00. The van der Waals surface area contributed by atoms with Crippen LogP contribution in [0.4, 0.5) is 4.79 Å². The van der Waals surface area contributed by atoms with Crippen LogP contribution in [0.1, 0.15) is 0 Å². The Morgan fingerprint density at radius 3 is 2.00 bits per heavy atom. The monoisotopic (exact) mass is 222 g/mol. The molecule has 0 aromatic heterocycles. The number of amides is 2. The molecule has 0 fully saturated rings. The Kier molecular flexibility index (Phi) is 5.03. The lowest BCUT2D eigenvalue weighted by Gasteiger charge is -1.93. The van der Waals surface area contributed by atoms with E-state index in [1.165, 1.54) is 12.1 Å². The fourth-order valence-corrected chi connectivity index (χ4v) is 0.777. The Hall–Kier alpha value is -1.13. The van der Waals surface area contributed by atoms with Gasteiger partial charge < -0.3 is 16.6 Å². The van der Waals surface area contributed by atoms with Crippen molar-refractivity contribution in [2.45, 2.75) is 0 Å². The molecule has 0 radical (unpaired) electrons. The normalized spacial score (nSPS) is 8.46. The lowest BCUT2D eigenvalue weighted by atomic mass is 10.3. The third-order valence-corrected chi connectivity index (χ3v) is 1.64. The molecule has 0 spiro atoms. The first-order valence-corrected chi connectivity index (χ1v) is 3.88. The molecule has 1 aromatic carbocycles. The SMILES string of the molecule is NC(N)=O.Oc1ccc(Cl)c(Cl)c1. The molecule has 6 heteroatoms. The van der Waals surface area contributed by atoms with Gasteiger partial charge in [-0.25, -0.2) is 4.79 Å². The number of rotatable bonds is 0. The average molecular weight is 223 g/mol. The molecule has 0 unspecified atom stereocenters. The van der Waals surface area contributed by atoms with Gasteiger partial charge in [-0.2, -0.15) is 0 Å². The van der Waals surface area contributed by atoms with Gasteiger partial charge in [-0.1, -0.05) is 23.2 Å². The van der Waals surface area contributed by atoms with E-state index in [0.717, 1.165) is 0 Å². The smallest absolute Gasteiger partial charge is 0.309 e. The number of primary amides is 2. The highest BCUT2D eigenvalue weighted by atomic mass is 35.5. The van der Waals surface area contributed by atoms with Crippen molar-refractivity contribution in [3.63, 3.8) is 0 Å². The van der Waals surface area contributed by atoms with Crippen molar-refractivity contribution in [1.82, 2.24) is 0 Å². The summed E-state index contributed by atoms with van der Waals surface area (Å²) in [5, 5.41) is 9.62. The summed E-state index contributed by atoms with van der Waals surface area (Å²) >= 11 is 11.1. The Labute approximate surface area is 85.0 Å². The molecular weight excluding hydrogens is 215 g/mol. The molecule has 2 amide bonds. The van der Waals surface area contributed by atoms with E-state index in [0.29, 0.717) is 10.0 Å². The fourth-order valence-electron chi connectivity index (χ4n) is 0.485. The van der Waals surface area contributed by atoms with Gasteiger partial charge in [-0.05, 0) is 18.2 Å². The predicted molar refractivity (Wildman–Crippen MR) is 51.9 cm³/mol. The van der Waals surface area contributed by atoms with Crippen LogP contribution < -0.4 is 11.5 Å². The second-order valence-electron chi connectivity index (χ2n) is 2.00. The standard InChI is InChI=1S/C6H4Cl2O.CH4N2O/c7-5-2-1-4(9)3-6(5)8;2-1(3)4/h1-3,9H;(H4,2,3,4). The van der Waals surface area contributed by atoms with Gasteiger partial charge in [0.25, 0.3) is 0 Å². The predicted octanol–water partition coefficient (Wildman–Crippen LogP) is 1.72. The molecule has 0 aliphatic carbocycles. The van der Waals surface area contributed by atoms with Crippen LogP contribution in [0.5, 0.6) is 5.75 Å². The van der Waals surface area contributed by atoms with E-state index in [2.05, 4.69) is 11.5 Å². The van der Waals surface area contributed by atoms with Gasteiger partial charge in [0, 0.05) is 0 Å². The maximum Gasteiger partial charge on any atom is 0.309 e. The van der Waals surface area contributed by atoms with E-state index in [9.17, 15) is 0 Å². The number of benzene rings is 1. The molecule has 0 bridgehead atoms. The van der Waals surface area contributed by atoms with Crippen molar-refractivity contribution in [3.8, 4) is 5.75 Å². The van der Waals surface area contributed by atoms with Crippen molar-refractivity contribution < 1.29 is 9.90 Å². The zero-order valence-electron chi connectivity index (χ0n) is 6.50. The highest BCUT2D eigenvalue weighted by molar-refractivity contribution is 6.42. The van der Waals surface area contributed by atoms with Gasteiger partial charge in [0.2, 0.25) is 0 Å². The summed E-state index contributed by atoms with van der Waals surface area (Å²) in [5.74, 6) is 0.129. The van der Waals surface area contributed by atoms with Crippen LogP contribution in [0, 0.1) is 0 Å². The van der Waals surface area contributed by atoms with E-state index in [1.807, 2.05) is 0 Å². The highest BCUT2D eigenvalue weighted by Gasteiger charge is 1.95. The first-order valence-electron chi connectivity index (χ1n) is 3.12. The van der Waals surface area contributed by atoms with E-state index < -0.39 is 6.03 Å². The lowest BCUT2D eigenvalue weighted by molar-refractivity contribution is 0.256. The third-order valence-electron chi connectivity index (χ3n) is 0.903. The summed E-state index contributed by atoms with van der Waals surface area (Å²) < 4.78 is 0. The Morgan fingerprint density at radius 1 is 1.23 bits per heavy atom. The number of nitrogens with two attached hydrogens (primary N) is 2. The molecular formula is C7H8Cl2N2O2. The molecule has 13 heavy (non-hydrogen) atoms. The fraction of sp³-hybridized carbons (Fsp3) is 0. The van der Waals surface area contributed by atoms with Gasteiger partial charge >= 0.3 is 6.03 Å². The minimum absolute atomic E-state index is 0.129. The Bertz CT molecular complexity index is 301. The summed E-state index contributed by atoms with van der Waals surface area (Å²) in [6.07, 6.45) is 0. The molecule has 1 rings (SSSR count). The molecule has 0 saturated carbocycles. The number of halogens is 2. The van der Waals surface area contributed by atoms with Gasteiger partial charge in [0.1, 0.15) is 5.75 Å². The number of carbonyl (C=O) groups is 1. The van der Waals surface area contributed by atoms with Crippen LogP contribution in [0.15, 0.2) is 18.2 Å². The second kappa shape index (κ2) is 5.50. The Morgan fingerprint density at radius 2 is 1.69 bits per heavy atom. The molecule has 1 aromatic rings. The highest BCUT2D eigenvalue weighted by Crippen LogP contribution is 2.24. The first-order chi connectivity index (χ1) is 5.93. The molecule has 0 heterocycles. The van der Waals surface area contributed by atoms with Gasteiger partial charge in [-0.3, -0.25) is 0 Å². The van der Waals surface area contributed by atoms with E-state index in [4.69, 9.17) is 33.1 Å². The second-order valence-corrected chi connectivity index (χ2v) is 2.82. The average Bonchev–Trinajstić information content (AvgIpc) is 1.96. The third kappa shape index (κ3) is 6.07. The summed E-state index contributed by atoms with van der Waals surface area (Å²) in [7, 11) is 0. The van der Waals surface area contributed by atoms with Crippen molar-refractivity contribution in [1.29, 1.82) is 0 Å². The van der Waals surface area contributed by atoms with Crippen LogP contribution in [0.3, 0.4) is 0 Å². The number of carbonyl (C=O) groups excluding carboxylic acids is 1. The van der Waals surface area contributed by atoms with Gasteiger partial charge in [0.05, 0.1) is 10.0 Å². The van der Waals surface area contributed by atoms with Gasteiger partial charge in [0.15, 0.2) is 0 Å². The molecule has 72 valence electrons. The number of urea groups is 1. The first kappa shape index (κ1) is 11.9. The summed E-state index contributed by atoms with van der Waals surface area (Å²) in [5.41, 5.74) is 8.50. The molecule has 0 atom stereocenters. The van der Waals surface area contributed by atoms with E-state index in [-0.39, 0.29) is 5.75 Å². The van der Waals surface area contributed by atoms with Crippen molar-refractivity contribution >= 4 is 29.2 Å². The van der Waals surface area contributed by atoms with E-state index >= 15 is 0 Å². The quantitative estimate of drug-likeness (QED) is 0.625. The molecule has 0 aliphatic heterocycles. The lowest BCUT2D eigenvalue weighted by Crippen LogP contribution is -2.18. The summed E-state index contributed by atoms with van der Waals surface area (Å²) in [6, 6.07) is 3.58. The Balaban J connectivity index is 0.000000310. The van der Waals surface area contributed by atoms with Gasteiger partial charge in [-0.15, -0.1) is 0 Å². The van der Waals surface area contributed by atoms with Crippen molar-refractivity contribution in [2.75, 3.05) is 0 Å². The largest absolute Gasteiger partial charge is 0.508 e. The number of phenols is 1. The topological polar surface area (TPSA) is 89.3 Å². The van der Waals surface area contributed by atoms with Crippen LogP contribution >= 0.6 is 23.2 Å². The van der Waals surface area contributed by atoms with Crippen molar-refractivity contribution in [2.24, 2.45) is 11.5 Å². The zero-order valence-corrected chi connectivity index (χ0v) is 8.01. The number of phenolic OH excluding ortho intramolecular Hbond substituents is 1. The zero-order chi connectivity index (χ0) is 10.4. The molecule has 4 nitrogen and oxygen atoms in total. The molecule has 0 saturated heterocycles. The minimum Gasteiger partial charge on any atom is -0.508 e. The van der Waals surface area contributed by atoms with Crippen LogP contribution in [0.25, 0.3) is 0 Å².